The molecule has 0 aromatic heterocycles. The van der Waals surface area contributed by atoms with Gasteiger partial charge in [0.25, 0.3) is 0 Å². The molecule has 0 heterocycles. The third-order valence-electron chi connectivity index (χ3n) is 2.90. The van der Waals surface area contributed by atoms with Crippen molar-refractivity contribution in [3.8, 4) is 5.75 Å². The molecule has 1 rings (SSSR count). The first-order chi connectivity index (χ1) is 7.81. The summed E-state index contributed by atoms with van der Waals surface area (Å²) in [5.74, 6) is 1.44. The number of hydrogen-bond donors (Lipinski definition) is 1. The number of ether oxygens (including phenoxy) is 1. The Morgan fingerprint density at radius 3 is 2.38 bits per heavy atom. The van der Waals surface area contributed by atoms with Gasteiger partial charge in [0, 0.05) is 0 Å². The Morgan fingerprint density at radius 1 is 1.19 bits per heavy atom. The van der Waals surface area contributed by atoms with Crippen LogP contribution in [-0.4, -0.2) is 13.2 Å². The normalized spacial score (nSPS) is 12.4. The molecule has 0 amide bonds. The lowest BCUT2D eigenvalue weighted by atomic mass is 9.97. The fraction of sp³-hybridized carbons (Fsp3) is 0.571. The SMILES string of the molecule is CCCCOc1ccc(C(CC)CN)cc1. The maximum Gasteiger partial charge on any atom is 0.119 e. The van der Waals surface area contributed by atoms with Crippen molar-refractivity contribution in [3.05, 3.63) is 29.8 Å². The fourth-order valence-electron chi connectivity index (χ4n) is 1.71. The minimum atomic E-state index is 0.477. The average molecular weight is 221 g/mol. The lowest BCUT2D eigenvalue weighted by molar-refractivity contribution is 0.309. The quantitative estimate of drug-likeness (QED) is 0.717. The minimum Gasteiger partial charge on any atom is -0.494 e. The zero-order valence-corrected chi connectivity index (χ0v) is 10.4. The molecule has 2 N–H and O–H groups in total. The molecule has 0 radical (unpaired) electrons. The van der Waals surface area contributed by atoms with E-state index in [1.54, 1.807) is 0 Å². The van der Waals surface area contributed by atoms with E-state index in [0.717, 1.165) is 25.2 Å². The Labute approximate surface area is 98.8 Å². The molecule has 2 nitrogen and oxygen atoms in total. The van der Waals surface area contributed by atoms with Gasteiger partial charge in [0.1, 0.15) is 5.75 Å². The van der Waals surface area contributed by atoms with Crippen LogP contribution in [0.15, 0.2) is 24.3 Å². The fourth-order valence-corrected chi connectivity index (χ4v) is 1.71. The van der Waals surface area contributed by atoms with Gasteiger partial charge >= 0.3 is 0 Å². The van der Waals surface area contributed by atoms with E-state index in [-0.39, 0.29) is 0 Å². The van der Waals surface area contributed by atoms with E-state index in [9.17, 15) is 0 Å². The summed E-state index contributed by atoms with van der Waals surface area (Å²) in [6.45, 7) is 5.86. The Kier molecular flexibility index (Phi) is 5.94. The molecule has 1 atom stereocenters. The number of nitrogens with two attached hydrogens (primary N) is 1. The minimum absolute atomic E-state index is 0.477. The molecule has 1 aromatic carbocycles. The van der Waals surface area contributed by atoms with E-state index in [0.29, 0.717) is 12.5 Å². The van der Waals surface area contributed by atoms with Gasteiger partial charge in [-0.3, -0.25) is 0 Å². The lowest BCUT2D eigenvalue weighted by Crippen LogP contribution is -2.11. The molecule has 1 aromatic rings. The molecule has 90 valence electrons. The maximum atomic E-state index is 5.72. The molecule has 2 heteroatoms. The van der Waals surface area contributed by atoms with Gasteiger partial charge in [0.15, 0.2) is 0 Å². The third-order valence-corrected chi connectivity index (χ3v) is 2.90. The average Bonchev–Trinajstić information content (AvgIpc) is 2.33. The molecule has 0 fully saturated rings. The van der Waals surface area contributed by atoms with Gasteiger partial charge in [-0.15, -0.1) is 0 Å². The summed E-state index contributed by atoms with van der Waals surface area (Å²) in [6, 6.07) is 8.34. The first kappa shape index (κ1) is 13.0. The van der Waals surface area contributed by atoms with Crippen LogP contribution in [0.25, 0.3) is 0 Å². The monoisotopic (exact) mass is 221 g/mol. The van der Waals surface area contributed by atoms with E-state index in [2.05, 4.69) is 26.0 Å². The molecule has 0 saturated carbocycles. The van der Waals surface area contributed by atoms with Crippen LogP contribution in [0.1, 0.15) is 44.6 Å². The first-order valence-corrected chi connectivity index (χ1v) is 6.24. The highest BCUT2D eigenvalue weighted by Gasteiger charge is 2.06. The third kappa shape index (κ3) is 3.86. The molecule has 1 unspecified atom stereocenters. The van der Waals surface area contributed by atoms with Gasteiger partial charge < -0.3 is 10.5 Å². The van der Waals surface area contributed by atoms with Crippen molar-refractivity contribution in [2.45, 2.75) is 39.0 Å². The summed E-state index contributed by atoms with van der Waals surface area (Å²) in [4.78, 5) is 0. The molecular formula is C14H23NO. The number of benzene rings is 1. The Hall–Kier alpha value is -1.02. The summed E-state index contributed by atoms with van der Waals surface area (Å²) in [5, 5.41) is 0. The topological polar surface area (TPSA) is 35.2 Å². The van der Waals surface area contributed by atoms with Crippen LogP contribution in [-0.2, 0) is 0 Å². The van der Waals surface area contributed by atoms with E-state index >= 15 is 0 Å². The van der Waals surface area contributed by atoms with Crippen LogP contribution < -0.4 is 10.5 Å². The van der Waals surface area contributed by atoms with Crippen molar-refractivity contribution in [3.63, 3.8) is 0 Å². The first-order valence-electron chi connectivity index (χ1n) is 6.24. The summed E-state index contributed by atoms with van der Waals surface area (Å²) in [6.07, 6.45) is 3.37. The van der Waals surface area contributed by atoms with Crippen molar-refractivity contribution in [1.82, 2.24) is 0 Å². The van der Waals surface area contributed by atoms with Crippen molar-refractivity contribution in [2.24, 2.45) is 5.73 Å². The second-order valence-corrected chi connectivity index (χ2v) is 4.11. The van der Waals surface area contributed by atoms with E-state index < -0.39 is 0 Å². The second-order valence-electron chi connectivity index (χ2n) is 4.11. The molecule has 0 bridgehead atoms. The van der Waals surface area contributed by atoms with Crippen LogP contribution in [0, 0.1) is 0 Å². The van der Waals surface area contributed by atoms with Gasteiger partial charge in [-0.25, -0.2) is 0 Å². The van der Waals surface area contributed by atoms with Crippen LogP contribution in [0.5, 0.6) is 5.75 Å². The number of hydrogen-bond acceptors (Lipinski definition) is 2. The standard InChI is InChI=1S/C14H23NO/c1-3-5-10-16-14-8-6-13(7-9-14)12(4-2)11-15/h6-9,12H,3-5,10-11,15H2,1-2H3. The molecule has 0 aliphatic heterocycles. The lowest BCUT2D eigenvalue weighted by Gasteiger charge is -2.13. The van der Waals surface area contributed by atoms with Gasteiger partial charge in [-0.1, -0.05) is 32.4 Å². The largest absolute Gasteiger partial charge is 0.494 e. The Balaban J connectivity index is 2.53. The molecule has 0 aliphatic rings. The van der Waals surface area contributed by atoms with E-state index in [4.69, 9.17) is 10.5 Å². The molecule has 0 spiro atoms. The summed E-state index contributed by atoms with van der Waals surface area (Å²) < 4.78 is 5.62. The highest BCUT2D eigenvalue weighted by atomic mass is 16.5. The highest BCUT2D eigenvalue weighted by molar-refractivity contribution is 5.29. The predicted octanol–water partition coefficient (Wildman–Crippen LogP) is 3.32. The van der Waals surface area contributed by atoms with Crippen LogP contribution in [0.4, 0.5) is 0 Å². The second kappa shape index (κ2) is 7.29. The van der Waals surface area contributed by atoms with Gasteiger partial charge in [0.2, 0.25) is 0 Å². The van der Waals surface area contributed by atoms with Gasteiger partial charge in [0.05, 0.1) is 6.61 Å². The number of rotatable bonds is 7. The smallest absolute Gasteiger partial charge is 0.119 e. The zero-order chi connectivity index (χ0) is 11.8. The number of unbranched alkanes of at least 4 members (excludes halogenated alkanes) is 1. The zero-order valence-electron chi connectivity index (χ0n) is 10.4. The highest BCUT2D eigenvalue weighted by Crippen LogP contribution is 2.21. The molecule has 16 heavy (non-hydrogen) atoms. The van der Waals surface area contributed by atoms with Crippen LogP contribution >= 0.6 is 0 Å². The van der Waals surface area contributed by atoms with Crippen molar-refractivity contribution < 1.29 is 4.74 Å². The van der Waals surface area contributed by atoms with Crippen LogP contribution in [0.3, 0.4) is 0 Å². The summed E-state index contributed by atoms with van der Waals surface area (Å²) in [5.41, 5.74) is 7.03. The summed E-state index contributed by atoms with van der Waals surface area (Å²) in [7, 11) is 0. The van der Waals surface area contributed by atoms with Crippen LogP contribution in [0.2, 0.25) is 0 Å². The Morgan fingerprint density at radius 2 is 1.88 bits per heavy atom. The maximum absolute atomic E-state index is 5.72. The van der Waals surface area contributed by atoms with E-state index in [1.807, 2.05) is 12.1 Å². The van der Waals surface area contributed by atoms with Gasteiger partial charge in [-0.2, -0.15) is 0 Å². The van der Waals surface area contributed by atoms with Gasteiger partial charge in [-0.05, 0) is 43.0 Å². The Bertz CT molecular complexity index is 277. The summed E-state index contributed by atoms with van der Waals surface area (Å²) >= 11 is 0. The van der Waals surface area contributed by atoms with Crippen molar-refractivity contribution >= 4 is 0 Å². The van der Waals surface area contributed by atoms with E-state index in [1.165, 1.54) is 12.0 Å². The van der Waals surface area contributed by atoms with Crippen molar-refractivity contribution in [2.75, 3.05) is 13.2 Å². The molecule has 0 saturated heterocycles. The molecular weight excluding hydrogens is 198 g/mol. The molecule has 0 aliphatic carbocycles. The predicted molar refractivity (Wildman–Crippen MR) is 68.9 cm³/mol. The van der Waals surface area contributed by atoms with Crippen molar-refractivity contribution in [1.29, 1.82) is 0 Å².